The summed E-state index contributed by atoms with van der Waals surface area (Å²) in [7, 11) is 0. The van der Waals surface area contributed by atoms with E-state index in [1.165, 1.54) is 16.8 Å². The number of amides is 1. The minimum absolute atomic E-state index is 0.0190. The van der Waals surface area contributed by atoms with Crippen molar-refractivity contribution < 1.29 is 14.5 Å². The number of aromatic nitrogens is 2. The predicted octanol–water partition coefficient (Wildman–Crippen LogP) is 4.48. The number of benzene rings is 2. The van der Waals surface area contributed by atoms with Crippen molar-refractivity contribution in [2.75, 3.05) is 11.9 Å². The summed E-state index contributed by atoms with van der Waals surface area (Å²) in [6.07, 6.45) is 2.43. The molecule has 0 saturated carbocycles. The predicted molar refractivity (Wildman–Crippen MR) is 105 cm³/mol. The van der Waals surface area contributed by atoms with Crippen molar-refractivity contribution in [3.05, 3.63) is 75.6 Å². The molecule has 1 heterocycles. The van der Waals surface area contributed by atoms with Gasteiger partial charge in [-0.3, -0.25) is 14.9 Å². The highest BCUT2D eigenvalue weighted by atomic mass is 35.5. The molecule has 0 aliphatic carbocycles. The van der Waals surface area contributed by atoms with Crippen molar-refractivity contribution in [3.8, 4) is 11.4 Å². The minimum atomic E-state index is -0.477. The molecule has 8 nitrogen and oxygen atoms in total. The molecule has 3 rings (SSSR count). The minimum Gasteiger partial charge on any atom is -0.491 e. The molecule has 28 heavy (non-hydrogen) atoms. The van der Waals surface area contributed by atoms with Gasteiger partial charge in [0.2, 0.25) is 0 Å². The van der Waals surface area contributed by atoms with Crippen LogP contribution in [-0.2, 0) is 0 Å². The van der Waals surface area contributed by atoms with Gasteiger partial charge in [-0.15, -0.1) is 0 Å². The Morgan fingerprint density at radius 3 is 2.68 bits per heavy atom. The SMILES string of the molecule is CCCOc1ccc(Cl)cc1NC(=O)c1ccn(-c2ccc([N+](=O)[O-])cc2)n1. The Morgan fingerprint density at radius 2 is 2.00 bits per heavy atom. The molecule has 1 amide bonds. The Hall–Kier alpha value is -3.39. The highest BCUT2D eigenvalue weighted by Gasteiger charge is 2.14. The van der Waals surface area contributed by atoms with Crippen molar-refractivity contribution >= 4 is 28.9 Å². The first-order chi connectivity index (χ1) is 13.5. The fourth-order valence-corrected chi connectivity index (χ4v) is 2.61. The van der Waals surface area contributed by atoms with Crippen LogP contribution in [0.1, 0.15) is 23.8 Å². The fraction of sp³-hybridized carbons (Fsp3) is 0.158. The fourth-order valence-electron chi connectivity index (χ4n) is 2.44. The molecule has 0 radical (unpaired) electrons. The van der Waals surface area contributed by atoms with E-state index >= 15 is 0 Å². The van der Waals surface area contributed by atoms with Gasteiger partial charge in [0, 0.05) is 23.4 Å². The van der Waals surface area contributed by atoms with Crippen LogP contribution in [0.15, 0.2) is 54.7 Å². The Kier molecular flexibility index (Phi) is 5.90. The van der Waals surface area contributed by atoms with Gasteiger partial charge >= 0.3 is 0 Å². The van der Waals surface area contributed by atoms with Gasteiger partial charge in [0.05, 0.1) is 22.9 Å². The molecule has 0 unspecified atom stereocenters. The number of anilines is 1. The van der Waals surface area contributed by atoms with Crippen LogP contribution in [0.4, 0.5) is 11.4 Å². The van der Waals surface area contributed by atoms with E-state index < -0.39 is 10.8 Å². The number of hydrogen-bond acceptors (Lipinski definition) is 5. The largest absolute Gasteiger partial charge is 0.491 e. The van der Waals surface area contributed by atoms with Gasteiger partial charge in [-0.05, 0) is 42.8 Å². The first-order valence-electron chi connectivity index (χ1n) is 8.52. The number of carbonyl (C=O) groups excluding carboxylic acids is 1. The second-order valence-electron chi connectivity index (χ2n) is 5.86. The standard InChI is InChI=1S/C19H17ClN4O4/c1-2-11-28-18-8-3-13(20)12-17(18)21-19(25)16-9-10-23(22-16)14-4-6-15(7-5-14)24(26)27/h3-10,12H,2,11H2,1H3,(H,21,25). The van der Waals surface area contributed by atoms with Crippen LogP contribution in [0.25, 0.3) is 5.69 Å². The lowest BCUT2D eigenvalue weighted by molar-refractivity contribution is -0.384. The lowest BCUT2D eigenvalue weighted by Crippen LogP contribution is -2.14. The van der Waals surface area contributed by atoms with E-state index in [4.69, 9.17) is 16.3 Å². The van der Waals surface area contributed by atoms with Crippen molar-refractivity contribution in [3.63, 3.8) is 0 Å². The number of non-ortho nitro benzene ring substituents is 1. The Balaban J connectivity index is 1.77. The quantitative estimate of drug-likeness (QED) is 0.465. The summed E-state index contributed by atoms with van der Waals surface area (Å²) >= 11 is 6.02. The monoisotopic (exact) mass is 400 g/mol. The molecule has 1 aromatic heterocycles. The van der Waals surface area contributed by atoms with E-state index in [0.29, 0.717) is 28.8 Å². The lowest BCUT2D eigenvalue weighted by Gasteiger charge is -2.12. The maximum absolute atomic E-state index is 12.6. The third kappa shape index (κ3) is 4.47. The van der Waals surface area contributed by atoms with Gasteiger partial charge in [0.15, 0.2) is 5.69 Å². The highest BCUT2D eigenvalue weighted by Crippen LogP contribution is 2.28. The van der Waals surface area contributed by atoms with Crippen LogP contribution >= 0.6 is 11.6 Å². The van der Waals surface area contributed by atoms with Gasteiger partial charge < -0.3 is 10.1 Å². The van der Waals surface area contributed by atoms with Crippen molar-refractivity contribution in [2.45, 2.75) is 13.3 Å². The summed E-state index contributed by atoms with van der Waals surface area (Å²) in [5.41, 5.74) is 1.21. The second-order valence-corrected chi connectivity index (χ2v) is 6.30. The first kappa shape index (κ1) is 19.4. The van der Waals surface area contributed by atoms with E-state index in [9.17, 15) is 14.9 Å². The maximum Gasteiger partial charge on any atom is 0.276 e. The molecule has 0 atom stereocenters. The molecule has 0 fully saturated rings. The lowest BCUT2D eigenvalue weighted by atomic mass is 10.2. The molecule has 1 N–H and O–H groups in total. The van der Waals surface area contributed by atoms with Crippen molar-refractivity contribution in [1.29, 1.82) is 0 Å². The molecular weight excluding hydrogens is 384 g/mol. The summed E-state index contributed by atoms with van der Waals surface area (Å²) in [4.78, 5) is 22.8. The number of rotatable bonds is 7. The number of carbonyl (C=O) groups is 1. The number of nitrogens with zero attached hydrogens (tertiary/aromatic N) is 3. The molecule has 3 aromatic rings. The number of nitrogens with one attached hydrogen (secondary N) is 1. The Morgan fingerprint density at radius 1 is 1.25 bits per heavy atom. The topological polar surface area (TPSA) is 99.3 Å². The van der Waals surface area contributed by atoms with Gasteiger partial charge in [0.1, 0.15) is 5.75 Å². The molecule has 2 aromatic carbocycles. The third-order valence-corrected chi connectivity index (χ3v) is 4.03. The number of ether oxygens (including phenoxy) is 1. The molecule has 0 saturated heterocycles. The first-order valence-corrected chi connectivity index (χ1v) is 8.90. The second kappa shape index (κ2) is 8.53. The van der Waals surface area contributed by atoms with Crippen LogP contribution in [0.3, 0.4) is 0 Å². The van der Waals surface area contributed by atoms with E-state index in [-0.39, 0.29) is 11.4 Å². The number of nitro groups is 1. The molecule has 9 heteroatoms. The highest BCUT2D eigenvalue weighted by molar-refractivity contribution is 6.31. The summed E-state index contributed by atoms with van der Waals surface area (Å²) in [6.45, 7) is 2.50. The van der Waals surface area contributed by atoms with Gasteiger partial charge in [-0.2, -0.15) is 5.10 Å². The van der Waals surface area contributed by atoms with Crippen LogP contribution in [-0.4, -0.2) is 27.2 Å². The Labute approximate surface area is 165 Å². The third-order valence-electron chi connectivity index (χ3n) is 3.80. The van der Waals surface area contributed by atoms with E-state index in [1.807, 2.05) is 6.92 Å². The Bertz CT molecular complexity index is 1000. The summed E-state index contributed by atoms with van der Waals surface area (Å²) in [6, 6.07) is 12.4. The molecule has 0 spiro atoms. The average Bonchev–Trinajstić information content (AvgIpc) is 3.18. The zero-order valence-corrected chi connectivity index (χ0v) is 15.7. The molecular formula is C19H17ClN4O4. The maximum atomic E-state index is 12.6. The van der Waals surface area contributed by atoms with Crippen LogP contribution in [0.2, 0.25) is 5.02 Å². The summed E-state index contributed by atoms with van der Waals surface area (Å²) in [5, 5.41) is 18.2. The van der Waals surface area contributed by atoms with Gasteiger partial charge in [-0.1, -0.05) is 18.5 Å². The zero-order chi connectivity index (χ0) is 20.1. The molecule has 0 aliphatic heterocycles. The molecule has 0 aliphatic rings. The number of halogens is 1. The normalized spacial score (nSPS) is 10.5. The van der Waals surface area contributed by atoms with Crippen molar-refractivity contribution in [1.82, 2.24) is 9.78 Å². The van der Waals surface area contributed by atoms with Gasteiger partial charge in [-0.25, -0.2) is 4.68 Å². The van der Waals surface area contributed by atoms with E-state index in [2.05, 4.69) is 10.4 Å². The summed E-state index contributed by atoms with van der Waals surface area (Å²) in [5.74, 6) is 0.0960. The zero-order valence-electron chi connectivity index (χ0n) is 15.0. The smallest absolute Gasteiger partial charge is 0.276 e. The van der Waals surface area contributed by atoms with Crippen LogP contribution in [0, 0.1) is 10.1 Å². The summed E-state index contributed by atoms with van der Waals surface area (Å²) < 4.78 is 7.09. The average molecular weight is 401 g/mol. The van der Waals surface area contributed by atoms with Crippen LogP contribution < -0.4 is 10.1 Å². The van der Waals surface area contributed by atoms with E-state index in [0.717, 1.165) is 6.42 Å². The van der Waals surface area contributed by atoms with Crippen LogP contribution in [0.5, 0.6) is 5.75 Å². The molecule has 144 valence electrons. The number of hydrogen-bond donors (Lipinski definition) is 1. The number of nitro benzene ring substituents is 1. The van der Waals surface area contributed by atoms with Gasteiger partial charge in [0.25, 0.3) is 11.6 Å². The van der Waals surface area contributed by atoms with E-state index in [1.54, 1.807) is 42.6 Å². The molecule has 0 bridgehead atoms. The van der Waals surface area contributed by atoms with Crippen molar-refractivity contribution in [2.24, 2.45) is 0 Å².